The maximum atomic E-state index is 10.4. The summed E-state index contributed by atoms with van der Waals surface area (Å²) in [4.78, 5) is 12.2. The summed E-state index contributed by atoms with van der Waals surface area (Å²) in [6.45, 7) is 1.95. The van der Waals surface area contributed by atoms with Crippen LogP contribution >= 0.6 is 0 Å². The Morgan fingerprint density at radius 1 is 1.29 bits per heavy atom. The van der Waals surface area contributed by atoms with Gasteiger partial charge < -0.3 is 4.90 Å². The van der Waals surface area contributed by atoms with E-state index in [9.17, 15) is 10.1 Å². The number of nitrogens with zero attached hydrogens (tertiary/aromatic N) is 2. The first-order valence-electron chi connectivity index (χ1n) is 4.58. The molecule has 2 rings (SSSR count). The molecule has 0 saturated carbocycles. The number of nitro benzene ring substituents is 1. The van der Waals surface area contributed by atoms with Gasteiger partial charge in [-0.05, 0) is 25.0 Å². The summed E-state index contributed by atoms with van der Waals surface area (Å²) in [6, 6.07) is 6.70. The highest BCUT2D eigenvalue weighted by molar-refractivity contribution is 5.51. The van der Waals surface area contributed by atoms with Crippen LogP contribution in [0.3, 0.4) is 0 Å². The fraction of sp³-hybridized carbons (Fsp3) is 0.300. The summed E-state index contributed by atoms with van der Waals surface area (Å²) in [7, 11) is 0. The van der Waals surface area contributed by atoms with Crippen molar-refractivity contribution >= 4 is 11.4 Å². The molecule has 0 spiro atoms. The molecule has 0 amide bonds. The van der Waals surface area contributed by atoms with Crippen molar-refractivity contribution in [2.24, 2.45) is 0 Å². The largest absolute Gasteiger partial charge is 0.371 e. The molecule has 1 saturated heterocycles. The molecule has 0 aromatic heterocycles. The van der Waals surface area contributed by atoms with Gasteiger partial charge in [0.05, 0.1) is 4.92 Å². The van der Waals surface area contributed by atoms with Crippen LogP contribution in [0.1, 0.15) is 6.42 Å². The summed E-state index contributed by atoms with van der Waals surface area (Å²) in [5, 5.41) is 10.4. The first-order valence-corrected chi connectivity index (χ1v) is 4.58. The molecule has 1 heterocycles. The topological polar surface area (TPSA) is 46.4 Å². The van der Waals surface area contributed by atoms with Crippen molar-refractivity contribution in [3.63, 3.8) is 0 Å². The Labute approximate surface area is 82.3 Å². The molecule has 1 aromatic rings. The zero-order valence-corrected chi connectivity index (χ0v) is 7.72. The fourth-order valence-electron chi connectivity index (χ4n) is 1.61. The monoisotopic (exact) mass is 191 g/mol. The summed E-state index contributed by atoms with van der Waals surface area (Å²) in [5.41, 5.74) is 1.21. The van der Waals surface area contributed by atoms with Crippen molar-refractivity contribution < 1.29 is 4.92 Å². The Morgan fingerprint density at radius 3 is 2.50 bits per heavy atom. The molecule has 1 aliphatic rings. The van der Waals surface area contributed by atoms with E-state index in [4.69, 9.17) is 0 Å². The molecule has 0 unspecified atom stereocenters. The molecule has 1 aliphatic heterocycles. The Morgan fingerprint density at radius 2 is 2.00 bits per heavy atom. The van der Waals surface area contributed by atoms with Crippen molar-refractivity contribution in [3.05, 3.63) is 40.8 Å². The Hall–Kier alpha value is -1.58. The van der Waals surface area contributed by atoms with E-state index in [0.717, 1.165) is 25.2 Å². The molecule has 1 radical (unpaired) electrons. The van der Waals surface area contributed by atoms with Gasteiger partial charge in [0.2, 0.25) is 0 Å². The molecular weight excluding hydrogens is 180 g/mol. The van der Waals surface area contributed by atoms with Gasteiger partial charge in [-0.3, -0.25) is 10.1 Å². The smallest absolute Gasteiger partial charge is 0.269 e. The first kappa shape index (κ1) is 8.99. The lowest BCUT2D eigenvalue weighted by Gasteiger charge is -2.16. The van der Waals surface area contributed by atoms with Crippen molar-refractivity contribution in [1.29, 1.82) is 0 Å². The van der Waals surface area contributed by atoms with Gasteiger partial charge in [0.15, 0.2) is 0 Å². The highest BCUT2D eigenvalue weighted by Crippen LogP contribution is 2.22. The van der Waals surface area contributed by atoms with E-state index in [0.29, 0.717) is 0 Å². The SMILES string of the molecule is O=[N+]([O-])c1ccc(N2C[CH]CC2)cc1. The van der Waals surface area contributed by atoms with E-state index in [1.807, 2.05) is 0 Å². The van der Waals surface area contributed by atoms with Gasteiger partial charge in [-0.1, -0.05) is 0 Å². The van der Waals surface area contributed by atoms with Crippen LogP contribution < -0.4 is 4.90 Å². The van der Waals surface area contributed by atoms with Crippen LogP contribution in [0, 0.1) is 16.5 Å². The first-order chi connectivity index (χ1) is 6.77. The molecule has 4 nitrogen and oxygen atoms in total. The van der Waals surface area contributed by atoms with E-state index >= 15 is 0 Å². The highest BCUT2D eigenvalue weighted by atomic mass is 16.6. The maximum absolute atomic E-state index is 10.4. The van der Waals surface area contributed by atoms with Crippen molar-refractivity contribution in [2.45, 2.75) is 6.42 Å². The Bertz CT molecular complexity index is 328. The van der Waals surface area contributed by atoms with E-state index < -0.39 is 0 Å². The maximum Gasteiger partial charge on any atom is 0.269 e. The third-order valence-electron chi connectivity index (χ3n) is 2.38. The molecule has 0 bridgehead atoms. The number of non-ortho nitro benzene ring substituents is 1. The number of anilines is 1. The predicted molar refractivity (Wildman–Crippen MR) is 54.2 cm³/mol. The molecule has 73 valence electrons. The minimum absolute atomic E-state index is 0.150. The number of nitro groups is 1. The molecule has 1 fully saturated rings. The van der Waals surface area contributed by atoms with Crippen molar-refractivity contribution in [3.8, 4) is 0 Å². The van der Waals surface area contributed by atoms with Crippen LogP contribution in [0.2, 0.25) is 0 Å². The second-order valence-corrected chi connectivity index (χ2v) is 3.30. The lowest BCUT2D eigenvalue weighted by atomic mass is 10.2. The van der Waals surface area contributed by atoms with E-state index in [2.05, 4.69) is 11.3 Å². The van der Waals surface area contributed by atoms with E-state index in [-0.39, 0.29) is 10.6 Å². The Kier molecular flexibility index (Phi) is 2.35. The normalized spacial score (nSPS) is 15.9. The molecule has 14 heavy (non-hydrogen) atoms. The van der Waals surface area contributed by atoms with Gasteiger partial charge in [-0.15, -0.1) is 0 Å². The van der Waals surface area contributed by atoms with Gasteiger partial charge in [0.25, 0.3) is 5.69 Å². The summed E-state index contributed by atoms with van der Waals surface area (Å²) in [5.74, 6) is 0. The highest BCUT2D eigenvalue weighted by Gasteiger charge is 2.13. The van der Waals surface area contributed by atoms with Crippen molar-refractivity contribution in [1.82, 2.24) is 0 Å². The number of hydrogen-bond acceptors (Lipinski definition) is 3. The van der Waals surface area contributed by atoms with Crippen LogP contribution in [-0.2, 0) is 0 Å². The summed E-state index contributed by atoms with van der Waals surface area (Å²) >= 11 is 0. The van der Waals surface area contributed by atoms with Crippen LogP contribution in [0.15, 0.2) is 24.3 Å². The molecular formula is C10H11N2O2. The second-order valence-electron chi connectivity index (χ2n) is 3.30. The van der Waals surface area contributed by atoms with Gasteiger partial charge in [-0.2, -0.15) is 0 Å². The van der Waals surface area contributed by atoms with Gasteiger partial charge in [0.1, 0.15) is 0 Å². The van der Waals surface area contributed by atoms with Gasteiger partial charge >= 0.3 is 0 Å². The number of benzene rings is 1. The second kappa shape index (κ2) is 3.65. The average Bonchev–Trinajstić information content (AvgIpc) is 2.71. The zero-order chi connectivity index (χ0) is 9.97. The van der Waals surface area contributed by atoms with Crippen LogP contribution in [0.25, 0.3) is 0 Å². The standard InChI is InChI=1S/C10H11N2O2/c13-12(14)10-5-3-9(4-6-10)11-7-1-2-8-11/h1,3-6H,2,7-8H2. The van der Waals surface area contributed by atoms with Crippen LogP contribution in [-0.4, -0.2) is 18.0 Å². The number of rotatable bonds is 2. The van der Waals surface area contributed by atoms with Crippen LogP contribution in [0.4, 0.5) is 11.4 Å². The van der Waals surface area contributed by atoms with E-state index in [1.165, 1.54) is 0 Å². The third-order valence-corrected chi connectivity index (χ3v) is 2.38. The van der Waals surface area contributed by atoms with Gasteiger partial charge in [-0.25, -0.2) is 0 Å². The molecule has 0 aliphatic carbocycles. The molecule has 0 atom stereocenters. The summed E-state index contributed by atoms with van der Waals surface area (Å²) in [6.07, 6.45) is 3.30. The summed E-state index contributed by atoms with van der Waals surface area (Å²) < 4.78 is 0. The van der Waals surface area contributed by atoms with Gasteiger partial charge in [0, 0.05) is 30.9 Å². The lowest BCUT2D eigenvalue weighted by molar-refractivity contribution is -0.384. The molecule has 4 heteroatoms. The molecule has 0 N–H and O–H groups in total. The fourth-order valence-corrected chi connectivity index (χ4v) is 1.61. The van der Waals surface area contributed by atoms with E-state index in [1.54, 1.807) is 24.3 Å². The predicted octanol–water partition coefficient (Wildman–Crippen LogP) is 2.01. The molecule has 1 aromatic carbocycles. The lowest BCUT2D eigenvalue weighted by Crippen LogP contribution is -2.17. The average molecular weight is 191 g/mol. The van der Waals surface area contributed by atoms with Crippen LogP contribution in [0.5, 0.6) is 0 Å². The quantitative estimate of drug-likeness (QED) is 0.530. The minimum atomic E-state index is -0.375. The van der Waals surface area contributed by atoms with Crippen molar-refractivity contribution in [2.75, 3.05) is 18.0 Å². The Balaban J connectivity index is 2.16. The number of hydrogen-bond donors (Lipinski definition) is 0. The minimum Gasteiger partial charge on any atom is -0.371 e. The third kappa shape index (κ3) is 1.69. The zero-order valence-electron chi connectivity index (χ0n) is 7.72.